The van der Waals surface area contributed by atoms with Crippen molar-refractivity contribution in [2.75, 3.05) is 6.54 Å². The molecule has 1 aliphatic carbocycles. The lowest BCUT2D eigenvalue weighted by Crippen LogP contribution is -2.59. The molecule has 1 saturated carbocycles. The first-order valence-corrected chi connectivity index (χ1v) is 5.89. The van der Waals surface area contributed by atoms with Gasteiger partial charge in [0.1, 0.15) is 6.04 Å². The van der Waals surface area contributed by atoms with E-state index in [4.69, 9.17) is 5.73 Å². The Balaban J connectivity index is 1.93. The second-order valence-electron chi connectivity index (χ2n) is 5.02. The van der Waals surface area contributed by atoms with Crippen LogP contribution in [-0.4, -0.2) is 29.9 Å². The molecule has 0 aromatic carbocycles. The Hall–Kier alpha value is -1.10. The second-order valence-corrected chi connectivity index (χ2v) is 5.02. The molecule has 1 heterocycles. The van der Waals surface area contributed by atoms with Crippen molar-refractivity contribution in [3.8, 4) is 0 Å². The molecule has 2 amide bonds. The highest BCUT2D eigenvalue weighted by Crippen LogP contribution is 2.38. The quantitative estimate of drug-likeness (QED) is 0.606. The van der Waals surface area contributed by atoms with E-state index in [1.54, 1.807) is 6.92 Å². The predicted molar refractivity (Wildman–Crippen MR) is 59.5 cm³/mol. The summed E-state index contributed by atoms with van der Waals surface area (Å²) in [6, 6.07) is -0.400. The number of hydrogen-bond donors (Lipinski definition) is 3. The Kier molecular flexibility index (Phi) is 2.88. The molecule has 2 unspecified atom stereocenters. The zero-order chi connectivity index (χ0) is 11.8. The number of rotatable bonds is 3. The molecular weight excluding hydrogens is 206 g/mol. The zero-order valence-electron chi connectivity index (χ0n) is 9.58. The molecule has 2 aliphatic rings. The van der Waals surface area contributed by atoms with E-state index in [1.165, 1.54) is 0 Å². The highest BCUT2D eigenvalue weighted by Gasteiger charge is 2.45. The molecule has 0 bridgehead atoms. The second kappa shape index (κ2) is 4.05. The smallest absolute Gasteiger partial charge is 0.242 e. The Labute approximate surface area is 95.1 Å². The van der Waals surface area contributed by atoms with Crippen molar-refractivity contribution in [1.82, 2.24) is 10.6 Å². The summed E-state index contributed by atoms with van der Waals surface area (Å²) in [5.74, 6) is -0.0117. The molecule has 1 saturated heterocycles. The van der Waals surface area contributed by atoms with Crippen LogP contribution in [0.15, 0.2) is 0 Å². The number of hydrogen-bond acceptors (Lipinski definition) is 3. The fourth-order valence-electron chi connectivity index (χ4n) is 2.09. The predicted octanol–water partition coefficient (Wildman–Crippen LogP) is -0.491. The van der Waals surface area contributed by atoms with E-state index in [9.17, 15) is 9.59 Å². The average Bonchev–Trinajstić information content (AvgIpc) is 3.04. The normalized spacial score (nSPS) is 29.1. The third-order valence-electron chi connectivity index (χ3n) is 3.51. The van der Waals surface area contributed by atoms with Crippen molar-refractivity contribution in [3.63, 3.8) is 0 Å². The van der Waals surface area contributed by atoms with Crippen LogP contribution in [-0.2, 0) is 9.59 Å². The van der Waals surface area contributed by atoms with Gasteiger partial charge in [0.25, 0.3) is 0 Å². The minimum Gasteiger partial charge on any atom is -0.354 e. The van der Waals surface area contributed by atoms with E-state index in [0.29, 0.717) is 13.0 Å². The average molecular weight is 225 g/mol. The van der Waals surface area contributed by atoms with Gasteiger partial charge in [-0.25, -0.2) is 0 Å². The monoisotopic (exact) mass is 225 g/mol. The van der Waals surface area contributed by atoms with Gasteiger partial charge in [-0.15, -0.1) is 0 Å². The third-order valence-corrected chi connectivity index (χ3v) is 3.51. The molecule has 2 atom stereocenters. The SMILES string of the molecule is CC(N)(C(=O)NC1CCCNC1=O)C1CC1. The Morgan fingerprint density at radius 2 is 2.19 bits per heavy atom. The first kappa shape index (κ1) is 11.4. The molecule has 5 nitrogen and oxygen atoms in total. The van der Waals surface area contributed by atoms with Crippen molar-refractivity contribution in [2.45, 2.75) is 44.2 Å². The van der Waals surface area contributed by atoms with Crippen LogP contribution < -0.4 is 16.4 Å². The molecule has 2 fully saturated rings. The summed E-state index contributed by atoms with van der Waals surface area (Å²) in [5.41, 5.74) is 5.16. The van der Waals surface area contributed by atoms with E-state index >= 15 is 0 Å². The summed E-state index contributed by atoms with van der Waals surface area (Å²) in [6.45, 7) is 2.45. The maximum atomic E-state index is 11.9. The lowest BCUT2D eigenvalue weighted by Gasteiger charge is -2.28. The van der Waals surface area contributed by atoms with Gasteiger partial charge in [-0.05, 0) is 38.5 Å². The van der Waals surface area contributed by atoms with E-state index in [0.717, 1.165) is 19.3 Å². The fourth-order valence-corrected chi connectivity index (χ4v) is 2.09. The van der Waals surface area contributed by atoms with Crippen LogP contribution in [0.5, 0.6) is 0 Å². The molecular formula is C11H19N3O2. The summed E-state index contributed by atoms with van der Waals surface area (Å²) in [5, 5.41) is 5.49. The van der Waals surface area contributed by atoms with Gasteiger partial charge in [0, 0.05) is 6.54 Å². The molecule has 1 aliphatic heterocycles. The van der Waals surface area contributed by atoms with E-state index in [-0.39, 0.29) is 17.7 Å². The number of nitrogens with two attached hydrogens (primary N) is 1. The van der Waals surface area contributed by atoms with Crippen LogP contribution in [0.1, 0.15) is 32.6 Å². The molecule has 4 N–H and O–H groups in total. The van der Waals surface area contributed by atoms with Crippen molar-refractivity contribution in [3.05, 3.63) is 0 Å². The molecule has 5 heteroatoms. The number of carbonyl (C=O) groups is 2. The Morgan fingerprint density at radius 1 is 1.50 bits per heavy atom. The molecule has 90 valence electrons. The van der Waals surface area contributed by atoms with Crippen molar-refractivity contribution >= 4 is 11.8 Å². The topological polar surface area (TPSA) is 84.2 Å². The number of piperidine rings is 1. The van der Waals surface area contributed by atoms with Crippen LogP contribution in [0, 0.1) is 5.92 Å². The van der Waals surface area contributed by atoms with Crippen molar-refractivity contribution < 1.29 is 9.59 Å². The fraction of sp³-hybridized carbons (Fsp3) is 0.818. The van der Waals surface area contributed by atoms with Crippen molar-refractivity contribution in [2.24, 2.45) is 11.7 Å². The highest BCUT2D eigenvalue weighted by molar-refractivity contribution is 5.92. The number of nitrogens with one attached hydrogen (secondary N) is 2. The summed E-state index contributed by atoms with van der Waals surface area (Å²) < 4.78 is 0. The molecule has 0 aromatic heterocycles. The van der Waals surface area contributed by atoms with Crippen LogP contribution in [0.2, 0.25) is 0 Å². The molecule has 2 rings (SSSR count). The number of amides is 2. The van der Waals surface area contributed by atoms with Crippen LogP contribution >= 0.6 is 0 Å². The standard InChI is InChI=1S/C11H19N3O2/c1-11(12,7-4-5-7)10(16)14-8-3-2-6-13-9(8)15/h7-8H,2-6,12H2,1H3,(H,13,15)(H,14,16). The van der Waals surface area contributed by atoms with Crippen molar-refractivity contribution in [1.29, 1.82) is 0 Å². The Morgan fingerprint density at radius 3 is 2.75 bits per heavy atom. The van der Waals surface area contributed by atoms with Crippen LogP contribution in [0.4, 0.5) is 0 Å². The summed E-state index contributed by atoms with van der Waals surface area (Å²) in [6.07, 6.45) is 3.63. The maximum Gasteiger partial charge on any atom is 0.242 e. The first-order chi connectivity index (χ1) is 7.51. The van der Waals surface area contributed by atoms with Gasteiger partial charge in [0.2, 0.25) is 11.8 Å². The minimum atomic E-state index is -0.822. The van der Waals surface area contributed by atoms with E-state index in [2.05, 4.69) is 10.6 Å². The first-order valence-electron chi connectivity index (χ1n) is 5.89. The lowest BCUT2D eigenvalue weighted by molar-refractivity contribution is -0.133. The number of carbonyl (C=O) groups excluding carboxylic acids is 2. The van der Waals surface area contributed by atoms with Gasteiger partial charge < -0.3 is 16.4 Å². The largest absolute Gasteiger partial charge is 0.354 e. The summed E-state index contributed by atoms with van der Waals surface area (Å²) >= 11 is 0. The molecule has 16 heavy (non-hydrogen) atoms. The molecule has 0 aromatic rings. The van der Waals surface area contributed by atoms with E-state index < -0.39 is 11.6 Å². The maximum absolute atomic E-state index is 11.9. The summed E-state index contributed by atoms with van der Waals surface area (Å²) in [4.78, 5) is 23.4. The van der Waals surface area contributed by atoms with Crippen LogP contribution in [0.3, 0.4) is 0 Å². The van der Waals surface area contributed by atoms with Gasteiger partial charge in [-0.1, -0.05) is 0 Å². The van der Waals surface area contributed by atoms with Crippen LogP contribution in [0.25, 0.3) is 0 Å². The molecule has 0 spiro atoms. The van der Waals surface area contributed by atoms with Gasteiger partial charge in [0.15, 0.2) is 0 Å². The van der Waals surface area contributed by atoms with Gasteiger partial charge in [0.05, 0.1) is 5.54 Å². The Bertz CT molecular complexity index is 310. The third kappa shape index (κ3) is 2.19. The zero-order valence-corrected chi connectivity index (χ0v) is 9.58. The summed E-state index contributed by atoms with van der Waals surface area (Å²) in [7, 11) is 0. The van der Waals surface area contributed by atoms with Gasteiger partial charge >= 0.3 is 0 Å². The molecule has 0 radical (unpaired) electrons. The lowest BCUT2D eigenvalue weighted by atomic mass is 9.95. The highest BCUT2D eigenvalue weighted by atomic mass is 16.2. The van der Waals surface area contributed by atoms with E-state index in [1.807, 2.05) is 0 Å². The minimum absolute atomic E-state index is 0.0915. The van der Waals surface area contributed by atoms with Gasteiger partial charge in [-0.2, -0.15) is 0 Å². The van der Waals surface area contributed by atoms with Gasteiger partial charge in [-0.3, -0.25) is 9.59 Å².